The highest BCUT2D eigenvalue weighted by atomic mass is 15.1. The van der Waals surface area contributed by atoms with Crippen LogP contribution >= 0.6 is 0 Å². The van der Waals surface area contributed by atoms with Crippen LogP contribution in [0.5, 0.6) is 0 Å². The highest BCUT2D eigenvalue weighted by Crippen LogP contribution is 2.29. The number of nitrogens with zero attached hydrogens (tertiary/aromatic N) is 1. The molecule has 0 aliphatic rings. The Balaban J connectivity index is 1.85. The van der Waals surface area contributed by atoms with Crippen LogP contribution in [-0.4, -0.2) is 24.5 Å². The summed E-state index contributed by atoms with van der Waals surface area (Å²) in [5, 5.41) is 0. The average Bonchev–Trinajstić information content (AvgIpc) is 2.75. The molecule has 0 radical (unpaired) electrons. The lowest BCUT2D eigenvalue weighted by Gasteiger charge is -2.23. The number of benzene rings is 2. The summed E-state index contributed by atoms with van der Waals surface area (Å²) in [4.78, 5) is 2.73. The minimum Gasteiger partial charge on any atom is -0.303 e. The number of unbranched alkanes of at least 4 members (excludes halogenated alkanes) is 5. The van der Waals surface area contributed by atoms with E-state index in [0.717, 1.165) is 0 Å². The van der Waals surface area contributed by atoms with Crippen LogP contribution in [0.1, 0.15) is 88.7 Å². The summed E-state index contributed by atoms with van der Waals surface area (Å²) in [6, 6.07) is 22.1. The predicted octanol–water partition coefficient (Wildman–Crippen LogP) is 7.67. The van der Waals surface area contributed by atoms with Crippen molar-refractivity contribution < 1.29 is 0 Å². The standard InChI is InChI=1S/C27H41N/c1-3-5-14-22-28(23-15-6-4-2)24-16-13-21-27(25-17-9-7-10-18-25)26-19-11-8-12-20-26/h7-12,17-20,27H,3-6,13-16,21-24H2,1-2H3. The molecule has 0 amide bonds. The van der Waals surface area contributed by atoms with E-state index in [0.29, 0.717) is 5.92 Å². The summed E-state index contributed by atoms with van der Waals surface area (Å²) >= 11 is 0. The number of hydrogen-bond donors (Lipinski definition) is 0. The lowest BCUT2D eigenvalue weighted by Crippen LogP contribution is -2.27. The maximum atomic E-state index is 2.73. The molecule has 0 fully saturated rings. The second-order valence-electron chi connectivity index (χ2n) is 8.13. The third-order valence-corrected chi connectivity index (χ3v) is 5.78. The van der Waals surface area contributed by atoms with Gasteiger partial charge in [0.25, 0.3) is 0 Å². The van der Waals surface area contributed by atoms with Crippen molar-refractivity contribution in [1.82, 2.24) is 4.90 Å². The molecule has 0 aliphatic heterocycles. The van der Waals surface area contributed by atoms with Gasteiger partial charge in [0.15, 0.2) is 0 Å². The molecule has 0 spiro atoms. The van der Waals surface area contributed by atoms with E-state index in [9.17, 15) is 0 Å². The first-order chi connectivity index (χ1) is 13.8. The van der Waals surface area contributed by atoms with E-state index in [2.05, 4.69) is 79.4 Å². The first-order valence-electron chi connectivity index (χ1n) is 11.7. The highest BCUT2D eigenvalue weighted by molar-refractivity contribution is 5.32. The summed E-state index contributed by atoms with van der Waals surface area (Å²) in [5.74, 6) is 0.524. The van der Waals surface area contributed by atoms with Crippen molar-refractivity contribution in [1.29, 1.82) is 0 Å². The molecule has 1 heteroatoms. The zero-order valence-electron chi connectivity index (χ0n) is 18.3. The molecule has 2 aromatic rings. The molecular weight excluding hydrogens is 338 g/mol. The quantitative estimate of drug-likeness (QED) is 0.287. The molecule has 0 bridgehead atoms. The molecule has 0 N–H and O–H groups in total. The van der Waals surface area contributed by atoms with E-state index < -0.39 is 0 Å². The van der Waals surface area contributed by atoms with Gasteiger partial charge in [0.1, 0.15) is 0 Å². The Morgan fingerprint density at radius 3 is 1.43 bits per heavy atom. The topological polar surface area (TPSA) is 3.24 Å². The average molecular weight is 380 g/mol. The minimum atomic E-state index is 0.524. The minimum absolute atomic E-state index is 0.524. The molecule has 2 aromatic carbocycles. The lowest BCUT2D eigenvalue weighted by molar-refractivity contribution is 0.255. The van der Waals surface area contributed by atoms with Gasteiger partial charge in [-0.3, -0.25) is 0 Å². The molecule has 28 heavy (non-hydrogen) atoms. The summed E-state index contributed by atoms with van der Waals surface area (Å²) in [7, 11) is 0. The molecule has 0 atom stereocenters. The van der Waals surface area contributed by atoms with E-state index in [4.69, 9.17) is 0 Å². The van der Waals surface area contributed by atoms with Gasteiger partial charge in [0.05, 0.1) is 0 Å². The van der Waals surface area contributed by atoms with Crippen molar-refractivity contribution in [3.63, 3.8) is 0 Å². The van der Waals surface area contributed by atoms with Crippen LogP contribution in [0.3, 0.4) is 0 Å². The van der Waals surface area contributed by atoms with E-state index in [1.54, 1.807) is 0 Å². The van der Waals surface area contributed by atoms with Gasteiger partial charge in [-0.25, -0.2) is 0 Å². The molecule has 0 aliphatic carbocycles. The Kier molecular flexibility index (Phi) is 11.7. The van der Waals surface area contributed by atoms with Crippen LogP contribution < -0.4 is 0 Å². The third-order valence-electron chi connectivity index (χ3n) is 5.78. The van der Waals surface area contributed by atoms with Crippen molar-refractivity contribution in [2.24, 2.45) is 0 Å². The Morgan fingerprint density at radius 2 is 1.00 bits per heavy atom. The number of hydrogen-bond acceptors (Lipinski definition) is 1. The largest absolute Gasteiger partial charge is 0.303 e. The van der Waals surface area contributed by atoms with E-state index >= 15 is 0 Å². The molecule has 0 unspecified atom stereocenters. The zero-order chi connectivity index (χ0) is 19.9. The first kappa shape index (κ1) is 22.7. The van der Waals surface area contributed by atoms with E-state index in [-0.39, 0.29) is 0 Å². The van der Waals surface area contributed by atoms with Crippen LogP contribution in [0.25, 0.3) is 0 Å². The van der Waals surface area contributed by atoms with Gasteiger partial charge in [-0.15, -0.1) is 0 Å². The van der Waals surface area contributed by atoms with Crippen LogP contribution in [-0.2, 0) is 0 Å². The predicted molar refractivity (Wildman–Crippen MR) is 124 cm³/mol. The van der Waals surface area contributed by atoms with Gasteiger partial charge < -0.3 is 4.90 Å². The highest BCUT2D eigenvalue weighted by Gasteiger charge is 2.13. The van der Waals surface area contributed by atoms with Gasteiger partial charge in [-0.2, -0.15) is 0 Å². The molecule has 0 saturated carbocycles. The van der Waals surface area contributed by atoms with Crippen molar-refractivity contribution in [2.45, 2.75) is 77.6 Å². The smallest absolute Gasteiger partial charge is 0.00893 e. The van der Waals surface area contributed by atoms with Gasteiger partial charge >= 0.3 is 0 Å². The summed E-state index contributed by atoms with van der Waals surface area (Å²) in [6.45, 7) is 8.45. The number of rotatable bonds is 15. The van der Waals surface area contributed by atoms with Gasteiger partial charge in [-0.05, 0) is 56.4 Å². The van der Waals surface area contributed by atoms with Crippen molar-refractivity contribution in [3.05, 3.63) is 71.8 Å². The van der Waals surface area contributed by atoms with Gasteiger partial charge in [-0.1, -0.05) is 107 Å². The Morgan fingerprint density at radius 1 is 0.571 bits per heavy atom. The van der Waals surface area contributed by atoms with Crippen molar-refractivity contribution >= 4 is 0 Å². The summed E-state index contributed by atoms with van der Waals surface area (Å²) < 4.78 is 0. The molecule has 154 valence electrons. The second kappa shape index (κ2) is 14.4. The Hall–Kier alpha value is -1.60. The molecule has 0 heterocycles. The SMILES string of the molecule is CCCCCN(CCCCC)CCCCC(c1ccccc1)c1ccccc1. The van der Waals surface area contributed by atoms with Crippen molar-refractivity contribution in [3.8, 4) is 0 Å². The van der Waals surface area contributed by atoms with Crippen LogP contribution in [0.2, 0.25) is 0 Å². The van der Waals surface area contributed by atoms with Crippen LogP contribution in [0.15, 0.2) is 60.7 Å². The maximum absolute atomic E-state index is 2.73. The fourth-order valence-corrected chi connectivity index (χ4v) is 4.09. The first-order valence-corrected chi connectivity index (χ1v) is 11.7. The van der Waals surface area contributed by atoms with Crippen molar-refractivity contribution in [2.75, 3.05) is 19.6 Å². The van der Waals surface area contributed by atoms with Crippen LogP contribution in [0, 0.1) is 0 Å². The van der Waals surface area contributed by atoms with Gasteiger partial charge in [0.2, 0.25) is 0 Å². The third kappa shape index (κ3) is 8.61. The van der Waals surface area contributed by atoms with Gasteiger partial charge in [0, 0.05) is 5.92 Å². The Bertz CT molecular complexity index is 543. The zero-order valence-corrected chi connectivity index (χ0v) is 18.3. The molecule has 0 aromatic heterocycles. The lowest BCUT2D eigenvalue weighted by atomic mass is 9.87. The fourth-order valence-electron chi connectivity index (χ4n) is 4.09. The maximum Gasteiger partial charge on any atom is 0.00893 e. The Labute approximate surface area is 174 Å². The second-order valence-corrected chi connectivity index (χ2v) is 8.13. The van der Waals surface area contributed by atoms with E-state index in [1.807, 2.05) is 0 Å². The molecule has 0 saturated heterocycles. The van der Waals surface area contributed by atoms with E-state index in [1.165, 1.54) is 88.5 Å². The monoisotopic (exact) mass is 379 g/mol. The summed E-state index contributed by atoms with van der Waals surface area (Å²) in [6.07, 6.45) is 11.9. The van der Waals surface area contributed by atoms with Crippen LogP contribution in [0.4, 0.5) is 0 Å². The molecule has 2 rings (SSSR count). The molecular formula is C27H41N. The summed E-state index contributed by atoms with van der Waals surface area (Å²) in [5.41, 5.74) is 2.91. The molecule has 1 nitrogen and oxygen atoms in total. The fraction of sp³-hybridized carbons (Fsp3) is 0.556. The normalized spacial score (nSPS) is 11.4.